The molecule has 1 aliphatic carbocycles. The maximum Gasteiger partial charge on any atom is 0.416 e. The van der Waals surface area contributed by atoms with Crippen molar-refractivity contribution in [1.82, 2.24) is 4.90 Å². The second kappa shape index (κ2) is 6.53. The van der Waals surface area contributed by atoms with E-state index in [9.17, 15) is 22.8 Å². The lowest BCUT2D eigenvalue weighted by molar-refractivity contribution is -0.137. The minimum absolute atomic E-state index is 0.0101. The molecule has 1 heterocycles. The van der Waals surface area contributed by atoms with Gasteiger partial charge >= 0.3 is 12.1 Å². The van der Waals surface area contributed by atoms with Crippen LogP contribution < -0.4 is 0 Å². The van der Waals surface area contributed by atoms with Crippen LogP contribution in [-0.2, 0) is 15.7 Å². The lowest BCUT2D eigenvalue weighted by Crippen LogP contribution is -2.39. The summed E-state index contributed by atoms with van der Waals surface area (Å²) in [5.41, 5.74) is -0.595. The van der Waals surface area contributed by atoms with E-state index in [1.54, 1.807) is 4.90 Å². The third kappa shape index (κ3) is 4.28. The second-order valence-electron chi connectivity index (χ2n) is 8.89. The molecule has 0 N–H and O–H groups in total. The Balaban J connectivity index is 1.59. The number of fused-ring (bicyclic) bond motifs is 2. The van der Waals surface area contributed by atoms with E-state index >= 15 is 0 Å². The van der Waals surface area contributed by atoms with Gasteiger partial charge in [0.1, 0.15) is 0 Å². The zero-order chi connectivity index (χ0) is 20.0. The fourth-order valence-electron chi connectivity index (χ4n) is 4.84. The van der Waals surface area contributed by atoms with E-state index in [1.165, 1.54) is 0 Å². The van der Waals surface area contributed by atoms with Crippen LogP contribution in [0.5, 0.6) is 0 Å². The molecule has 1 aromatic rings. The van der Waals surface area contributed by atoms with Gasteiger partial charge in [-0.1, -0.05) is 20.8 Å². The maximum absolute atomic E-state index is 12.6. The zero-order valence-electron chi connectivity index (χ0n) is 15.7. The van der Waals surface area contributed by atoms with Crippen molar-refractivity contribution in [3.8, 4) is 0 Å². The molecule has 7 heteroatoms. The lowest BCUT2D eigenvalue weighted by atomic mass is 9.65. The van der Waals surface area contributed by atoms with Crippen molar-refractivity contribution in [3.63, 3.8) is 0 Å². The Labute approximate surface area is 156 Å². The molecule has 148 valence electrons. The van der Waals surface area contributed by atoms with Gasteiger partial charge in [-0.15, -0.1) is 0 Å². The summed E-state index contributed by atoms with van der Waals surface area (Å²) in [5.74, 6) is -1.05. The van der Waals surface area contributed by atoms with Crippen LogP contribution in [0.25, 0.3) is 0 Å². The Morgan fingerprint density at radius 3 is 2.37 bits per heavy atom. The third-order valence-corrected chi connectivity index (χ3v) is 5.51. The topological polar surface area (TPSA) is 46.6 Å². The number of benzene rings is 1. The molecule has 1 saturated heterocycles. The van der Waals surface area contributed by atoms with Gasteiger partial charge in [-0.2, -0.15) is 13.2 Å². The van der Waals surface area contributed by atoms with E-state index in [1.807, 2.05) is 0 Å². The average molecular weight is 383 g/mol. The summed E-state index contributed by atoms with van der Waals surface area (Å²) in [5, 5.41) is 0. The van der Waals surface area contributed by atoms with Crippen LogP contribution in [-0.4, -0.2) is 36.0 Å². The molecular formula is C20H24F3NO3. The smallest absolute Gasteiger partial charge is 0.416 e. The van der Waals surface area contributed by atoms with Gasteiger partial charge in [0.2, 0.25) is 0 Å². The van der Waals surface area contributed by atoms with E-state index in [2.05, 4.69) is 20.8 Å². The summed E-state index contributed by atoms with van der Waals surface area (Å²) in [6.45, 7) is 6.85. The number of ether oxygens (including phenoxy) is 1. The summed E-state index contributed by atoms with van der Waals surface area (Å²) in [4.78, 5) is 26.4. The van der Waals surface area contributed by atoms with Crippen molar-refractivity contribution in [2.75, 3.05) is 13.2 Å². The first-order valence-corrected chi connectivity index (χ1v) is 9.03. The first-order chi connectivity index (χ1) is 12.4. The number of halogens is 3. The number of hydrogen-bond donors (Lipinski definition) is 0. The quantitative estimate of drug-likeness (QED) is 0.732. The van der Waals surface area contributed by atoms with Crippen molar-refractivity contribution < 1.29 is 27.5 Å². The van der Waals surface area contributed by atoms with Gasteiger partial charge in [0.25, 0.3) is 5.91 Å². The summed E-state index contributed by atoms with van der Waals surface area (Å²) in [6, 6.07) is 3.91. The number of carbonyl (C=O) groups excluding carboxylic acids is 2. The molecule has 1 aliphatic heterocycles. The van der Waals surface area contributed by atoms with Crippen LogP contribution in [0.15, 0.2) is 24.3 Å². The predicted molar refractivity (Wildman–Crippen MR) is 93.0 cm³/mol. The van der Waals surface area contributed by atoms with Crippen LogP contribution in [0.1, 0.15) is 56.0 Å². The van der Waals surface area contributed by atoms with Crippen molar-refractivity contribution >= 4 is 11.9 Å². The number of rotatable bonds is 3. The zero-order valence-corrected chi connectivity index (χ0v) is 15.7. The monoisotopic (exact) mass is 383 g/mol. The van der Waals surface area contributed by atoms with Gasteiger partial charge in [0, 0.05) is 12.6 Å². The fourth-order valence-corrected chi connectivity index (χ4v) is 4.84. The Kier molecular flexibility index (Phi) is 4.77. The molecule has 2 aliphatic rings. The molecule has 27 heavy (non-hydrogen) atoms. The fraction of sp³-hybridized carbons (Fsp3) is 0.600. The highest BCUT2D eigenvalue weighted by molar-refractivity contribution is 5.91. The molecule has 0 radical (unpaired) electrons. The van der Waals surface area contributed by atoms with E-state index in [-0.39, 0.29) is 28.3 Å². The largest absolute Gasteiger partial charge is 0.452 e. The lowest BCUT2D eigenvalue weighted by Gasteiger charge is -2.39. The molecule has 0 aromatic heterocycles. The van der Waals surface area contributed by atoms with Crippen LogP contribution >= 0.6 is 0 Å². The number of nitrogens with zero attached hydrogens (tertiary/aromatic N) is 1. The van der Waals surface area contributed by atoms with Gasteiger partial charge in [0.05, 0.1) is 11.1 Å². The van der Waals surface area contributed by atoms with E-state index in [4.69, 9.17) is 4.74 Å². The van der Waals surface area contributed by atoms with Gasteiger partial charge in [-0.3, -0.25) is 4.79 Å². The van der Waals surface area contributed by atoms with Gasteiger partial charge in [0.15, 0.2) is 6.61 Å². The molecule has 0 unspecified atom stereocenters. The van der Waals surface area contributed by atoms with Crippen molar-refractivity contribution in [2.45, 2.75) is 52.3 Å². The van der Waals surface area contributed by atoms with Crippen LogP contribution in [0.2, 0.25) is 0 Å². The number of carbonyl (C=O) groups is 2. The predicted octanol–water partition coefficient (Wildman–Crippen LogP) is 4.29. The highest BCUT2D eigenvalue weighted by Crippen LogP contribution is 2.52. The van der Waals surface area contributed by atoms with Crippen molar-refractivity contribution in [2.24, 2.45) is 10.8 Å². The Morgan fingerprint density at radius 2 is 1.78 bits per heavy atom. The highest BCUT2D eigenvalue weighted by Gasteiger charge is 2.50. The summed E-state index contributed by atoms with van der Waals surface area (Å²) >= 11 is 0. The molecule has 2 bridgehead atoms. The summed E-state index contributed by atoms with van der Waals surface area (Å²) in [7, 11) is 0. The maximum atomic E-state index is 12.6. The number of esters is 1. The molecule has 1 aromatic carbocycles. The Morgan fingerprint density at radius 1 is 1.15 bits per heavy atom. The molecule has 2 atom stereocenters. The Hall–Kier alpha value is -2.05. The standard InChI is InChI=1S/C20H24F3NO3/c1-18(2)8-15-9-19(3,11-18)12-24(15)16(25)10-27-17(26)13-4-6-14(7-5-13)20(21,22)23/h4-7,15H,8-12H2,1-3H3/t15-,19-/m1/s1. The van der Waals surface area contributed by atoms with Crippen molar-refractivity contribution in [1.29, 1.82) is 0 Å². The molecule has 3 rings (SSSR count). The van der Waals surface area contributed by atoms with E-state index < -0.39 is 24.3 Å². The van der Waals surface area contributed by atoms with Gasteiger partial charge in [-0.05, 0) is 54.4 Å². The number of amides is 1. The SMILES string of the molecule is CC1(C)C[C@@H]2C[C@@](C)(CN2C(=O)COC(=O)c2ccc(C(F)(F)F)cc2)C1. The number of likely N-dealkylation sites (tertiary alicyclic amines) is 1. The highest BCUT2D eigenvalue weighted by atomic mass is 19.4. The van der Waals surface area contributed by atoms with Crippen LogP contribution in [0.3, 0.4) is 0 Å². The van der Waals surface area contributed by atoms with Gasteiger partial charge < -0.3 is 9.64 Å². The summed E-state index contributed by atoms with van der Waals surface area (Å²) in [6.07, 6.45) is -1.54. The average Bonchev–Trinajstić information content (AvgIpc) is 2.80. The number of hydrogen-bond acceptors (Lipinski definition) is 3. The molecule has 4 nitrogen and oxygen atoms in total. The van der Waals surface area contributed by atoms with E-state index in [0.717, 1.165) is 43.5 Å². The van der Waals surface area contributed by atoms with Crippen molar-refractivity contribution in [3.05, 3.63) is 35.4 Å². The molecule has 2 fully saturated rings. The normalized spacial score (nSPS) is 26.7. The third-order valence-electron chi connectivity index (χ3n) is 5.51. The van der Waals surface area contributed by atoms with Crippen LogP contribution in [0.4, 0.5) is 13.2 Å². The Bertz CT molecular complexity index is 742. The molecule has 0 spiro atoms. The number of alkyl halides is 3. The first kappa shape index (κ1) is 19.7. The second-order valence-corrected chi connectivity index (χ2v) is 8.89. The van der Waals surface area contributed by atoms with Crippen LogP contribution in [0, 0.1) is 10.8 Å². The first-order valence-electron chi connectivity index (χ1n) is 9.03. The molecular weight excluding hydrogens is 359 g/mol. The van der Waals surface area contributed by atoms with E-state index in [0.29, 0.717) is 6.54 Å². The minimum Gasteiger partial charge on any atom is -0.452 e. The minimum atomic E-state index is -4.46. The molecule has 1 saturated carbocycles. The summed E-state index contributed by atoms with van der Waals surface area (Å²) < 4.78 is 42.8. The van der Waals surface area contributed by atoms with Gasteiger partial charge in [-0.25, -0.2) is 4.79 Å². The molecule has 1 amide bonds.